The van der Waals surface area contributed by atoms with Crippen molar-refractivity contribution in [2.24, 2.45) is 0 Å². The van der Waals surface area contributed by atoms with E-state index < -0.39 is 21.8 Å². The Balaban J connectivity index is 1.49. The highest BCUT2D eigenvalue weighted by Gasteiger charge is 2.26. The smallest absolute Gasteiger partial charge is 0.311 e. The number of piperidine rings is 2. The standard InChI is InChI=1S/C20H29N3O4S/c24-19(20(25)22-13-3-1-4-14-22)21-12-11-17-7-9-18(10-8-17)28(26,27)23-15-5-2-6-16-23/h7-10H,1-6,11-16H2,(H,21,24). The maximum absolute atomic E-state index is 12.7. The predicted molar refractivity (Wildman–Crippen MR) is 106 cm³/mol. The molecule has 2 heterocycles. The van der Waals surface area contributed by atoms with E-state index in [0.29, 0.717) is 44.0 Å². The SMILES string of the molecule is O=C(NCCc1ccc(S(=O)(=O)N2CCCCC2)cc1)C(=O)N1CCCCC1. The van der Waals surface area contributed by atoms with E-state index in [2.05, 4.69) is 5.32 Å². The minimum absolute atomic E-state index is 0.308. The van der Waals surface area contributed by atoms with E-state index in [1.807, 2.05) is 0 Å². The summed E-state index contributed by atoms with van der Waals surface area (Å²) in [5.41, 5.74) is 0.920. The van der Waals surface area contributed by atoms with Crippen molar-refractivity contribution < 1.29 is 18.0 Å². The molecule has 28 heavy (non-hydrogen) atoms. The van der Waals surface area contributed by atoms with Gasteiger partial charge >= 0.3 is 11.8 Å². The lowest BCUT2D eigenvalue weighted by Crippen LogP contribution is -2.45. The largest absolute Gasteiger partial charge is 0.347 e. The van der Waals surface area contributed by atoms with Gasteiger partial charge in [0.25, 0.3) is 0 Å². The summed E-state index contributed by atoms with van der Waals surface area (Å²) in [6.45, 7) is 2.82. The Bertz CT molecular complexity index is 780. The van der Waals surface area contributed by atoms with E-state index in [0.717, 1.165) is 44.1 Å². The molecule has 0 aliphatic carbocycles. The Morgan fingerprint density at radius 3 is 2.04 bits per heavy atom. The average molecular weight is 408 g/mol. The van der Waals surface area contributed by atoms with Crippen molar-refractivity contribution in [1.82, 2.24) is 14.5 Å². The highest BCUT2D eigenvalue weighted by atomic mass is 32.2. The van der Waals surface area contributed by atoms with Crippen molar-refractivity contribution in [2.45, 2.75) is 49.8 Å². The number of sulfonamides is 1. The lowest BCUT2D eigenvalue weighted by molar-refractivity contribution is -0.146. The maximum Gasteiger partial charge on any atom is 0.311 e. The van der Waals surface area contributed by atoms with Gasteiger partial charge in [0.05, 0.1) is 4.90 Å². The van der Waals surface area contributed by atoms with Crippen molar-refractivity contribution in [3.8, 4) is 0 Å². The van der Waals surface area contributed by atoms with Gasteiger partial charge in [0.2, 0.25) is 10.0 Å². The Kier molecular flexibility index (Phi) is 7.07. The molecule has 0 bridgehead atoms. The Labute approximate surface area is 167 Å². The minimum atomic E-state index is -3.42. The number of hydrogen-bond donors (Lipinski definition) is 1. The summed E-state index contributed by atoms with van der Waals surface area (Å²) >= 11 is 0. The summed E-state index contributed by atoms with van der Waals surface area (Å²) in [5, 5.41) is 2.67. The second kappa shape index (κ2) is 9.52. The molecular weight excluding hydrogens is 378 g/mol. The predicted octanol–water partition coefficient (Wildman–Crippen LogP) is 1.53. The van der Waals surface area contributed by atoms with E-state index in [1.165, 1.54) is 0 Å². The van der Waals surface area contributed by atoms with Crippen LogP contribution >= 0.6 is 0 Å². The van der Waals surface area contributed by atoms with Gasteiger partial charge in [-0.2, -0.15) is 4.31 Å². The molecule has 1 N–H and O–H groups in total. The van der Waals surface area contributed by atoms with Crippen LogP contribution in [0.2, 0.25) is 0 Å². The zero-order chi connectivity index (χ0) is 20.0. The number of carbonyl (C=O) groups is 2. The molecule has 154 valence electrons. The Morgan fingerprint density at radius 1 is 0.857 bits per heavy atom. The number of nitrogens with one attached hydrogen (secondary N) is 1. The second-order valence-electron chi connectivity index (χ2n) is 7.47. The quantitative estimate of drug-likeness (QED) is 0.750. The first-order valence-electron chi connectivity index (χ1n) is 10.1. The summed E-state index contributed by atoms with van der Waals surface area (Å²) in [7, 11) is -3.42. The molecule has 7 nitrogen and oxygen atoms in total. The van der Waals surface area contributed by atoms with Crippen LogP contribution in [0.1, 0.15) is 44.1 Å². The van der Waals surface area contributed by atoms with Gasteiger partial charge in [-0.05, 0) is 56.2 Å². The molecule has 0 radical (unpaired) electrons. The first kappa shape index (κ1) is 20.8. The lowest BCUT2D eigenvalue weighted by Gasteiger charge is -2.26. The molecule has 2 amide bonds. The van der Waals surface area contributed by atoms with E-state index in [1.54, 1.807) is 33.5 Å². The first-order valence-corrected chi connectivity index (χ1v) is 11.6. The summed E-state index contributed by atoms with van der Waals surface area (Å²) in [6.07, 6.45) is 6.45. The molecule has 2 fully saturated rings. The van der Waals surface area contributed by atoms with Gasteiger partial charge in [-0.15, -0.1) is 0 Å². The van der Waals surface area contributed by atoms with Crippen LogP contribution in [-0.2, 0) is 26.0 Å². The molecule has 0 unspecified atom stereocenters. The minimum Gasteiger partial charge on any atom is -0.347 e. The molecule has 2 aliphatic heterocycles. The van der Waals surface area contributed by atoms with Gasteiger partial charge in [0.15, 0.2) is 0 Å². The molecular formula is C20H29N3O4S. The third kappa shape index (κ3) is 5.11. The molecule has 0 spiro atoms. The number of hydrogen-bond acceptors (Lipinski definition) is 4. The van der Waals surface area contributed by atoms with Crippen molar-refractivity contribution in [1.29, 1.82) is 0 Å². The number of rotatable bonds is 5. The van der Waals surface area contributed by atoms with E-state index in [4.69, 9.17) is 0 Å². The number of benzene rings is 1. The van der Waals surface area contributed by atoms with Gasteiger partial charge in [-0.3, -0.25) is 9.59 Å². The third-order valence-corrected chi connectivity index (χ3v) is 7.33. The van der Waals surface area contributed by atoms with Crippen LogP contribution in [-0.4, -0.2) is 62.2 Å². The monoisotopic (exact) mass is 407 g/mol. The van der Waals surface area contributed by atoms with Crippen LogP contribution in [0, 0.1) is 0 Å². The van der Waals surface area contributed by atoms with Crippen LogP contribution < -0.4 is 5.32 Å². The highest BCUT2D eigenvalue weighted by Crippen LogP contribution is 2.21. The van der Waals surface area contributed by atoms with Crippen molar-refractivity contribution >= 4 is 21.8 Å². The highest BCUT2D eigenvalue weighted by molar-refractivity contribution is 7.89. The number of amides is 2. The molecule has 1 aromatic rings. The van der Waals surface area contributed by atoms with Gasteiger partial charge in [-0.1, -0.05) is 18.6 Å². The van der Waals surface area contributed by atoms with Crippen molar-refractivity contribution in [2.75, 3.05) is 32.7 Å². The molecule has 8 heteroatoms. The Hall–Kier alpha value is -1.93. The summed E-state index contributed by atoms with van der Waals surface area (Å²) < 4.78 is 26.9. The number of carbonyl (C=O) groups excluding carboxylic acids is 2. The van der Waals surface area contributed by atoms with Crippen molar-refractivity contribution in [3.05, 3.63) is 29.8 Å². The van der Waals surface area contributed by atoms with Crippen LogP contribution in [0.3, 0.4) is 0 Å². The maximum atomic E-state index is 12.7. The molecule has 0 atom stereocenters. The molecule has 0 saturated carbocycles. The molecule has 0 aromatic heterocycles. The van der Waals surface area contributed by atoms with Crippen molar-refractivity contribution in [3.63, 3.8) is 0 Å². The fourth-order valence-corrected chi connectivity index (χ4v) is 5.24. The van der Waals surface area contributed by atoms with Gasteiger partial charge in [0.1, 0.15) is 0 Å². The molecule has 3 rings (SSSR count). The van der Waals surface area contributed by atoms with Gasteiger partial charge in [0, 0.05) is 32.7 Å². The summed E-state index contributed by atoms with van der Waals surface area (Å²) in [5.74, 6) is -1.02. The topological polar surface area (TPSA) is 86.8 Å². The summed E-state index contributed by atoms with van der Waals surface area (Å²) in [6, 6.07) is 6.80. The molecule has 2 saturated heterocycles. The van der Waals surface area contributed by atoms with Crippen LogP contribution in [0.15, 0.2) is 29.2 Å². The molecule has 1 aromatic carbocycles. The van der Waals surface area contributed by atoms with Crippen LogP contribution in [0.25, 0.3) is 0 Å². The first-order chi connectivity index (χ1) is 13.5. The second-order valence-corrected chi connectivity index (χ2v) is 9.41. The zero-order valence-electron chi connectivity index (χ0n) is 16.2. The summed E-state index contributed by atoms with van der Waals surface area (Å²) in [4.78, 5) is 26.0. The van der Waals surface area contributed by atoms with Crippen LogP contribution in [0.4, 0.5) is 0 Å². The number of likely N-dealkylation sites (tertiary alicyclic amines) is 1. The zero-order valence-corrected chi connectivity index (χ0v) is 17.0. The van der Waals surface area contributed by atoms with Crippen LogP contribution in [0.5, 0.6) is 0 Å². The third-order valence-electron chi connectivity index (χ3n) is 5.41. The molecule has 2 aliphatic rings. The fourth-order valence-electron chi connectivity index (χ4n) is 3.72. The normalized spacial score (nSPS) is 18.6. The Morgan fingerprint density at radius 2 is 1.43 bits per heavy atom. The van der Waals surface area contributed by atoms with E-state index >= 15 is 0 Å². The van der Waals surface area contributed by atoms with Gasteiger partial charge < -0.3 is 10.2 Å². The fraction of sp³-hybridized carbons (Fsp3) is 0.600. The van der Waals surface area contributed by atoms with E-state index in [9.17, 15) is 18.0 Å². The van der Waals surface area contributed by atoms with E-state index in [-0.39, 0.29) is 0 Å². The lowest BCUT2D eigenvalue weighted by atomic mass is 10.1. The van der Waals surface area contributed by atoms with Gasteiger partial charge in [-0.25, -0.2) is 8.42 Å². The average Bonchev–Trinajstić information content (AvgIpc) is 2.74. The number of nitrogens with zero attached hydrogens (tertiary/aromatic N) is 2.